The van der Waals surface area contributed by atoms with Gasteiger partial charge in [-0.1, -0.05) is 12.5 Å². The summed E-state index contributed by atoms with van der Waals surface area (Å²) in [5.41, 5.74) is 1.60. The summed E-state index contributed by atoms with van der Waals surface area (Å²) < 4.78 is 10.4. The van der Waals surface area contributed by atoms with Crippen LogP contribution in [0.15, 0.2) is 18.2 Å². The minimum absolute atomic E-state index is 0.253. The molecule has 2 fully saturated rings. The van der Waals surface area contributed by atoms with Crippen LogP contribution in [0.25, 0.3) is 0 Å². The lowest BCUT2D eigenvalue weighted by Crippen LogP contribution is -2.23. The Morgan fingerprint density at radius 1 is 1.25 bits per heavy atom. The molecule has 0 aromatic heterocycles. The van der Waals surface area contributed by atoms with E-state index < -0.39 is 0 Å². The molecule has 0 saturated heterocycles. The molecular weight excluding hydrogens is 306 g/mol. The van der Waals surface area contributed by atoms with Crippen molar-refractivity contribution in [1.82, 2.24) is 0 Å². The van der Waals surface area contributed by atoms with Gasteiger partial charge in [-0.2, -0.15) is 0 Å². The van der Waals surface area contributed by atoms with Crippen LogP contribution < -0.4 is 10.1 Å². The third-order valence-corrected chi connectivity index (χ3v) is 5.31. The van der Waals surface area contributed by atoms with Crippen LogP contribution in [-0.4, -0.2) is 25.6 Å². The fourth-order valence-corrected chi connectivity index (χ4v) is 4.15. The van der Waals surface area contributed by atoms with Crippen LogP contribution in [0.3, 0.4) is 0 Å². The normalized spacial score (nSPS) is 24.7. The number of rotatable bonds is 6. The van der Waals surface area contributed by atoms with Crippen LogP contribution in [0, 0.1) is 24.7 Å². The molecule has 0 unspecified atom stereocenters. The molecule has 1 aromatic rings. The Balaban J connectivity index is 1.45. The van der Waals surface area contributed by atoms with Crippen molar-refractivity contribution in [3.63, 3.8) is 0 Å². The highest BCUT2D eigenvalue weighted by molar-refractivity contribution is 5.94. The van der Waals surface area contributed by atoms with Gasteiger partial charge in [0, 0.05) is 6.42 Å². The second-order valence-electron chi connectivity index (χ2n) is 7.05. The quantitative estimate of drug-likeness (QED) is 0.812. The molecule has 2 aliphatic rings. The Kier molecular flexibility index (Phi) is 5.07. The molecule has 5 heteroatoms. The lowest BCUT2D eigenvalue weighted by Gasteiger charge is -2.20. The number of benzene rings is 1. The van der Waals surface area contributed by atoms with Crippen LogP contribution in [0.4, 0.5) is 5.69 Å². The van der Waals surface area contributed by atoms with Gasteiger partial charge in [0.25, 0.3) is 5.91 Å². The molecule has 1 amide bonds. The predicted molar refractivity (Wildman–Crippen MR) is 90.9 cm³/mol. The predicted octanol–water partition coefficient (Wildman–Crippen LogP) is 3.31. The van der Waals surface area contributed by atoms with E-state index in [1.54, 1.807) is 13.2 Å². The smallest absolute Gasteiger partial charge is 0.306 e. The maximum absolute atomic E-state index is 12.0. The maximum atomic E-state index is 12.0. The Morgan fingerprint density at radius 2 is 2.08 bits per heavy atom. The average molecular weight is 331 g/mol. The van der Waals surface area contributed by atoms with E-state index >= 15 is 0 Å². The van der Waals surface area contributed by atoms with Crippen LogP contribution >= 0.6 is 0 Å². The van der Waals surface area contributed by atoms with Crippen molar-refractivity contribution in [2.75, 3.05) is 19.0 Å². The van der Waals surface area contributed by atoms with Crippen molar-refractivity contribution in [2.24, 2.45) is 17.8 Å². The van der Waals surface area contributed by atoms with Gasteiger partial charge in [0.05, 0.1) is 12.8 Å². The fourth-order valence-electron chi connectivity index (χ4n) is 4.15. The Bertz CT molecular complexity index is 628. The second-order valence-corrected chi connectivity index (χ2v) is 7.05. The van der Waals surface area contributed by atoms with Crippen LogP contribution in [-0.2, 0) is 14.3 Å². The minimum atomic E-state index is -0.347. The molecule has 130 valence electrons. The third kappa shape index (κ3) is 3.89. The molecule has 1 N–H and O–H groups in total. The second kappa shape index (κ2) is 7.24. The highest BCUT2D eigenvalue weighted by Crippen LogP contribution is 2.49. The number of hydrogen-bond donors (Lipinski definition) is 1. The molecule has 0 heterocycles. The number of ether oxygens (including phenoxy) is 2. The Hall–Kier alpha value is -2.04. The van der Waals surface area contributed by atoms with Gasteiger partial charge in [-0.05, 0) is 61.6 Å². The Labute approximate surface area is 142 Å². The molecule has 3 rings (SSSR count). The third-order valence-electron chi connectivity index (χ3n) is 5.31. The van der Waals surface area contributed by atoms with E-state index in [-0.39, 0.29) is 18.5 Å². The number of aryl methyl sites for hydroxylation is 1. The van der Waals surface area contributed by atoms with Crippen molar-refractivity contribution in [2.45, 2.75) is 39.0 Å². The van der Waals surface area contributed by atoms with E-state index in [0.717, 1.165) is 17.9 Å². The number of hydrogen-bond acceptors (Lipinski definition) is 4. The van der Waals surface area contributed by atoms with Crippen LogP contribution in [0.5, 0.6) is 5.75 Å². The van der Waals surface area contributed by atoms with E-state index in [9.17, 15) is 9.59 Å². The van der Waals surface area contributed by atoms with Gasteiger partial charge in [-0.3, -0.25) is 9.59 Å². The van der Waals surface area contributed by atoms with E-state index in [4.69, 9.17) is 9.47 Å². The number of carbonyl (C=O) groups excluding carboxylic acids is 2. The highest BCUT2D eigenvalue weighted by atomic mass is 16.5. The van der Waals surface area contributed by atoms with Crippen molar-refractivity contribution in [1.29, 1.82) is 0 Å². The number of nitrogens with one attached hydrogen (secondary N) is 1. The number of amides is 1. The van der Waals surface area contributed by atoms with E-state index in [0.29, 0.717) is 29.7 Å². The summed E-state index contributed by atoms with van der Waals surface area (Å²) in [6.45, 7) is 1.68. The maximum Gasteiger partial charge on any atom is 0.306 e. The monoisotopic (exact) mass is 331 g/mol. The van der Waals surface area contributed by atoms with Gasteiger partial charge in [0.2, 0.25) is 0 Å². The summed E-state index contributed by atoms with van der Waals surface area (Å²) in [6, 6.07) is 5.53. The largest absolute Gasteiger partial charge is 0.495 e. The first-order valence-electron chi connectivity index (χ1n) is 8.65. The number of carbonyl (C=O) groups is 2. The molecule has 0 radical (unpaired) electrons. The molecule has 24 heavy (non-hydrogen) atoms. The molecule has 3 atom stereocenters. The summed E-state index contributed by atoms with van der Waals surface area (Å²) >= 11 is 0. The van der Waals surface area contributed by atoms with Gasteiger partial charge in [0.15, 0.2) is 6.61 Å². The minimum Gasteiger partial charge on any atom is -0.495 e. The zero-order valence-corrected chi connectivity index (χ0v) is 14.3. The molecule has 0 aliphatic heterocycles. The van der Waals surface area contributed by atoms with E-state index in [1.165, 1.54) is 19.3 Å². The lowest BCUT2D eigenvalue weighted by atomic mass is 9.86. The van der Waals surface area contributed by atoms with E-state index in [2.05, 4.69) is 5.32 Å². The molecule has 1 aromatic carbocycles. The fraction of sp³-hybridized carbons (Fsp3) is 0.579. The van der Waals surface area contributed by atoms with Crippen molar-refractivity contribution < 1.29 is 19.1 Å². The SMILES string of the molecule is COc1ccc(C)cc1NC(=O)COC(=O)C[C@@H]1C[C@@H]2CC[C@@H]1C2. The molecular formula is C19H25NO4. The first kappa shape index (κ1) is 16.8. The summed E-state index contributed by atoms with van der Waals surface area (Å²) in [5.74, 6) is 1.93. The van der Waals surface area contributed by atoms with Crippen LogP contribution in [0.1, 0.15) is 37.7 Å². The standard InChI is InChI=1S/C19H25NO4/c1-12-3-6-17(23-2)16(7-12)20-18(21)11-24-19(22)10-15-9-13-4-5-14(15)8-13/h3,6-7,13-15H,4-5,8-11H2,1-2H3,(H,20,21)/t13-,14-,15+/m1/s1. The number of fused-ring (bicyclic) bond motifs is 2. The summed E-state index contributed by atoms with van der Waals surface area (Å²) in [7, 11) is 1.55. The summed E-state index contributed by atoms with van der Waals surface area (Å²) in [5, 5.41) is 2.74. The van der Waals surface area contributed by atoms with Crippen molar-refractivity contribution in [3.05, 3.63) is 23.8 Å². The van der Waals surface area contributed by atoms with E-state index in [1.807, 2.05) is 19.1 Å². The van der Waals surface area contributed by atoms with Gasteiger partial charge in [-0.25, -0.2) is 0 Å². The summed E-state index contributed by atoms with van der Waals surface area (Å²) in [4.78, 5) is 24.0. The highest BCUT2D eigenvalue weighted by Gasteiger charge is 2.40. The first-order valence-corrected chi connectivity index (χ1v) is 8.65. The van der Waals surface area contributed by atoms with Gasteiger partial charge in [0.1, 0.15) is 5.75 Å². The first-order chi connectivity index (χ1) is 11.5. The lowest BCUT2D eigenvalue weighted by molar-refractivity contribution is -0.148. The van der Waals surface area contributed by atoms with Gasteiger partial charge < -0.3 is 14.8 Å². The number of methoxy groups -OCH3 is 1. The number of esters is 1. The zero-order valence-electron chi connectivity index (χ0n) is 14.3. The van der Waals surface area contributed by atoms with Gasteiger partial charge >= 0.3 is 5.97 Å². The molecule has 2 bridgehead atoms. The molecule has 5 nitrogen and oxygen atoms in total. The number of anilines is 1. The van der Waals surface area contributed by atoms with Crippen molar-refractivity contribution in [3.8, 4) is 5.75 Å². The summed E-state index contributed by atoms with van der Waals surface area (Å²) in [6.07, 6.45) is 5.42. The topological polar surface area (TPSA) is 64.6 Å². The van der Waals surface area contributed by atoms with Crippen molar-refractivity contribution >= 4 is 17.6 Å². The molecule has 0 spiro atoms. The molecule has 2 aliphatic carbocycles. The van der Waals surface area contributed by atoms with Crippen LogP contribution in [0.2, 0.25) is 0 Å². The average Bonchev–Trinajstić information content (AvgIpc) is 3.16. The zero-order chi connectivity index (χ0) is 17.1. The van der Waals surface area contributed by atoms with Gasteiger partial charge in [-0.15, -0.1) is 0 Å². The molecule has 2 saturated carbocycles. The Morgan fingerprint density at radius 3 is 2.75 bits per heavy atom.